The Balaban J connectivity index is 1.48. The number of carboxylic acid groups (broad SMARTS) is 1. The summed E-state index contributed by atoms with van der Waals surface area (Å²) >= 11 is 0. The van der Waals surface area contributed by atoms with Crippen molar-refractivity contribution in [1.82, 2.24) is 14.9 Å². The van der Waals surface area contributed by atoms with Gasteiger partial charge in [0.15, 0.2) is 6.04 Å². The van der Waals surface area contributed by atoms with Crippen LogP contribution in [-0.4, -0.2) is 51.5 Å². The van der Waals surface area contributed by atoms with Crippen LogP contribution in [0.4, 0.5) is 5.82 Å². The number of aliphatic carboxylic acids is 1. The van der Waals surface area contributed by atoms with Crippen molar-refractivity contribution in [3.8, 4) is 0 Å². The van der Waals surface area contributed by atoms with Gasteiger partial charge < -0.3 is 14.9 Å². The summed E-state index contributed by atoms with van der Waals surface area (Å²) in [6.45, 7) is 1.89. The van der Waals surface area contributed by atoms with E-state index in [0.29, 0.717) is 25.8 Å². The van der Waals surface area contributed by atoms with E-state index in [4.69, 9.17) is 0 Å². The van der Waals surface area contributed by atoms with Crippen LogP contribution in [0, 0.1) is 5.92 Å². The van der Waals surface area contributed by atoms with Crippen LogP contribution in [-0.2, 0) is 16.0 Å². The molecule has 1 aromatic heterocycles. The van der Waals surface area contributed by atoms with Crippen molar-refractivity contribution in [1.29, 1.82) is 0 Å². The van der Waals surface area contributed by atoms with E-state index >= 15 is 0 Å². The maximum Gasteiger partial charge on any atom is 0.331 e. The molecule has 0 bridgehead atoms. The summed E-state index contributed by atoms with van der Waals surface area (Å²) in [6, 6.07) is 6.64. The Morgan fingerprint density at radius 2 is 1.85 bits per heavy atom. The third-order valence-electron chi connectivity index (χ3n) is 5.52. The highest BCUT2D eigenvalue weighted by atomic mass is 16.4. The summed E-state index contributed by atoms with van der Waals surface area (Å²) in [5, 5.41) is 9.78. The van der Waals surface area contributed by atoms with Gasteiger partial charge in [0, 0.05) is 37.9 Å². The molecule has 2 aliphatic heterocycles. The standard InChI is InChI=1S/C20H22N4O3/c25-19(15-5-10-23(11-6-15)17-13-21-8-9-22-17)24-12-7-14-3-1-2-4-16(14)18(24)20(26)27/h1-4,8-9,13,15,18H,5-7,10-12H2,(H,26,27). The number of hydrogen-bond donors (Lipinski definition) is 1. The Bertz CT molecular complexity index is 834. The fourth-order valence-corrected chi connectivity index (χ4v) is 4.11. The fraction of sp³-hybridized carbons (Fsp3) is 0.400. The number of carbonyl (C=O) groups excluding carboxylic acids is 1. The Morgan fingerprint density at radius 3 is 2.56 bits per heavy atom. The molecule has 0 spiro atoms. The van der Waals surface area contributed by atoms with Crippen LogP contribution in [0.2, 0.25) is 0 Å². The molecule has 3 heterocycles. The largest absolute Gasteiger partial charge is 0.479 e. The number of rotatable bonds is 3. The lowest BCUT2D eigenvalue weighted by Crippen LogP contribution is -2.48. The Labute approximate surface area is 157 Å². The molecule has 2 aliphatic rings. The predicted molar refractivity (Wildman–Crippen MR) is 99.2 cm³/mol. The second-order valence-corrected chi connectivity index (χ2v) is 7.05. The second kappa shape index (κ2) is 7.34. The van der Waals surface area contributed by atoms with Crippen molar-refractivity contribution in [3.63, 3.8) is 0 Å². The van der Waals surface area contributed by atoms with Gasteiger partial charge >= 0.3 is 5.97 Å². The molecule has 7 heteroatoms. The number of fused-ring (bicyclic) bond motifs is 1. The van der Waals surface area contributed by atoms with E-state index in [2.05, 4.69) is 14.9 Å². The highest BCUT2D eigenvalue weighted by molar-refractivity contribution is 5.87. The molecule has 0 radical (unpaired) electrons. The van der Waals surface area contributed by atoms with Gasteiger partial charge in [0.25, 0.3) is 0 Å². The number of carboxylic acids is 1. The molecule has 1 fully saturated rings. The maximum absolute atomic E-state index is 13.1. The minimum atomic E-state index is -0.965. The highest BCUT2D eigenvalue weighted by Crippen LogP contribution is 2.33. The number of carbonyl (C=O) groups is 2. The van der Waals surface area contributed by atoms with Gasteiger partial charge in [-0.15, -0.1) is 0 Å². The van der Waals surface area contributed by atoms with E-state index in [1.807, 2.05) is 24.3 Å². The van der Waals surface area contributed by atoms with Crippen molar-refractivity contribution in [2.45, 2.75) is 25.3 Å². The molecule has 1 N–H and O–H groups in total. The summed E-state index contributed by atoms with van der Waals surface area (Å²) in [5.74, 6) is -0.341. The minimum absolute atomic E-state index is 0.0456. The molecule has 1 amide bonds. The first-order chi connectivity index (χ1) is 13.1. The van der Waals surface area contributed by atoms with Crippen LogP contribution in [0.1, 0.15) is 30.0 Å². The number of anilines is 1. The van der Waals surface area contributed by atoms with Crippen molar-refractivity contribution in [2.24, 2.45) is 5.92 Å². The maximum atomic E-state index is 13.1. The van der Waals surface area contributed by atoms with E-state index < -0.39 is 12.0 Å². The van der Waals surface area contributed by atoms with E-state index in [1.54, 1.807) is 23.5 Å². The van der Waals surface area contributed by atoms with Gasteiger partial charge in [0.2, 0.25) is 5.91 Å². The van der Waals surface area contributed by atoms with Crippen LogP contribution in [0.25, 0.3) is 0 Å². The van der Waals surface area contributed by atoms with Gasteiger partial charge in [-0.2, -0.15) is 0 Å². The summed E-state index contributed by atoms with van der Waals surface area (Å²) in [6.07, 6.45) is 7.11. The van der Waals surface area contributed by atoms with Gasteiger partial charge in [0.1, 0.15) is 5.82 Å². The number of nitrogens with zero attached hydrogens (tertiary/aromatic N) is 4. The molecule has 1 unspecified atom stereocenters. The van der Waals surface area contributed by atoms with E-state index in [-0.39, 0.29) is 11.8 Å². The topological polar surface area (TPSA) is 86.6 Å². The number of benzene rings is 1. The van der Waals surface area contributed by atoms with Crippen LogP contribution in [0.3, 0.4) is 0 Å². The molecule has 4 rings (SSSR count). The van der Waals surface area contributed by atoms with E-state index in [0.717, 1.165) is 30.0 Å². The van der Waals surface area contributed by atoms with E-state index in [1.165, 1.54) is 0 Å². The zero-order chi connectivity index (χ0) is 18.8. The van der Waals surface area contributed by atoms with Gasteiger partial charge in [-0.1, -0.05) is 24.3 Å². The summed E-state index contributed by atoms with van der Waals surface area (Å²) in [7, 11) is 0. The molecule has 0 saturated carbocycles. The number of hydrogen-bond acceptors (Lipinski definition) is 5. The molecule has 1 atom stereocenters. The zero-order valence-electron chi connectivity index (χ0n) is 15.0. The van der Waals surface area contributed by atoms with Crippen LogP contribution in [0.5, 0.6) is 0 Å². The van der Waals surface area contributed by atoms with Crippen molar-refractivity contribution in [3.05, 3.63) is 54.0 Å². The van der Waals surface area contributed by atoms with Crippen LogP contribution < -0.4 is 4.90 Å². The molecular weight excluding hydrogens is 344 g/mol. The summed E-state index contributed by atoms with van der Waals surface area (Å²) < 4.78 is 0. The van der Waals surface area contributed by atoms with Gasteiger partial charge in [-0.25, -0.2) is 9.78 Å². The highest BCUT2D eigenvalue weighted by Gasteiger charge is 2.39. The molecule has 7 nitrogen and oxygen atoms in total. The molecule has 27 heavy (non-hydrogen) atoms. The lowest BCUT2D eigenvalue weighted by atomic mass is 9.89. The monoisotopic (exact) mass is 366 g/mol. The van der Waals surface area contributed by atoms with Crippen molar-refractivity contribution >= 4 is 17.7 Å². The van der Waals surface area contributed by atoms with Crippen LogP contribution in [0.15, 0.2) is 42.9 Å². The van der Waals surface area contributed by atoms with Crippen LogP contribution >= 0.6 is 0 Å². The second-order valence-electron chi connectivity index (χ2n) is 7.05. The first-order valence-electron chi connectivity index (χ1n) is 9.27. The fourth-order valence-electron chi connectivity index (χ4n) is 4.11. The minimum Gasteiger partial charge on any atom is -0.479 e. The van der Waals surface area contributed by atoms with Gasteiger partial charge in [-0.05, 0) is 30.4 Å². The lowest BCUT2D eigenvalue weighted by Gasteiger charge is -2.39. The van der Waals surface area contributed by atoms with Crippen molar-refractivity contribution in [2.75, 3.05) is 24.5 Å². The summed E-state index contributed by atoms with van der Waals surface area (Å²) in [5.41, 5.74) is 1.76. The Kier molecular flexibility index (Phi) is 4.75. The zero-order valence-corrected chi connectivity index (χ0v) is 15.0. The lowest BCUT2D eigenvalue weighted by molar-refractivity contribution is -0.153. The Morgan fingerprint density at radius 1 is 1.07 bits per heavy atom. The molecule has 0 aliphatic carbocycles. The average Bonchev–Trinajstić information content (AvgIpc) is 2.73. The normalized spacial score (nSPS) is 20.2. The van der Waals surface area contributed by atoms with E-state index in [9.17, 15) is 14.7 Å². The number of aromatic nitrogens is 2. The number of amides is 1. The first-order valence-corrected chi connectivity index (χ1v) is 9.27. The third-order valence-corrected chi connectivity index (χ3v) is 5.52. The SMILES string of the molecule is O=C(O)C1c2ccccc2CCN1C(=O)C1CCN(c2cnccn2)CC1. The molecule has 1 aromatic carbocycles. The van der Waals surface area contributed by atoms with Gasteiger partial charge in [0.05, 0.1) is 6.20 Å². The number of piperidine rings is 1. The average molecular weight is 366 g/mol. The molecule has 2 aromatic rings. The molecular formula is C20H22N4O3. The quantitative estimate of drug-likeness (QED) is 0.893. The summed E-state index contributed by atoms with van der Waals surface area (Å²) in [4.78, 5) is 37.2. The Hall–Kier alpha value is -2.96. The smallest absolute Gasteiger partial charge is 0.331 e. The van der Waals surface area contributed by atoms with Gasteiger partial charge in [-0.3, -0.25) is 9.78 Å². The predicted octanol–water partition coefficient (Wildman–Crippen LogP) is 1.90. The molecule has 1 saturated heterocycles. The molecule has 140 valence electrons. The van der Waals surface area contributed by atoms with Crippen molar-refractivity contribution < 1.29 is 14.7 Å². The third kappa shape index (κ3) is 3.37. The first kappa shape index (κ1) is 17.5.